The minimum absolute atomic E-state index is 0.452. The molecule has 0 radical (unpaired) electrons. The van der Waals surface area contributed by atoms with Crippen LogP contribution in [0, 0.1) is 12.3 Å². The Balaban J connectivity index is 1.69. The smallest absolute Gasteiger partial charge is 0.207 e. The molecule has 0 spiro atoms. The lowest BCUT2D eigenvalue weighted by Crippen LogP contribution is -2.47. The van der Waals surface area contributed by atoms with Crippen molar-refractivity contribution < 1.29 is 0 Å². The summed E-state index contributed by atoms with van der Waals surface area (Å²) in [6.07, 6.45) is 1.93. The first-order chi connectivity index (χ1) is 12.1. The molecule has 0 aliphatic carbocycles. The third-order valence-electron chi connectivity index (χ3n) is 4.43. The maximum Gasteiger partial charge on any atom is 0.207 e. The van der Waals surface area contributed by atoms with Gasteiger partial charge in [0.25, 0.3) is 0 Å². The van der Waals surface area contributed by atoms with Crippen LogP contribution in [0.3, 0.4) is 0 Å². The average molecular weight is 351 g/mol. The van der Waals surface area contributed by atoms with Gasteiger partial charge in [-0.15, -0.1) is 0 Å². The van der Waals surface area contributed by atoms with Gasteiger partial charge in [0.2, 0.25) is 5.96 Å². The number of rotatable bonds is 3. The van der Waals surface area contributed by atoms with E-state index in [9.17, 15) is 0 Å². The minimum Gasteiger partial charge on any atom is -0.310 e. The van der Waals surface area contributed by atoms with E-state index in [-0.39, 0.29) is 0 Å². The Morgan fingerprint density at radius 3 is 2.72 bits per heavy atom. The number of aliphatic imine (C=N–C) groups is 1. The lowest BCUT2D eigenvalue weighted by molar-refractivity contribution is 0.497. The molecule has 0 atom stereocenters. The van der Waals surface area contributed by atoms with Gasteiger partial charge in [-0.1, -0.05) is 48.0 Å². The summed E-state index contributed by atoms with van der Waals surface area (Å²) in [7, 11) is 0. The molecule has 126 valence electrons. The van der Waals surface area contributed by atoms with Gasteiger partial charge < -0.3 is 4.90 Å². The second-order valence-corrected chi connectivity index (χ2v) is 6.77. The molecule has 5 heteroatoms. The first-order valence-electron chi connectivity index (χ1n) is 8.33. The van der Waals surface area contributed by atoms with Gasteiger partial charge in [-0.3, -0.25) is 15.3 Å². The molecule has 2 aromatic rings. The number of nitrogens with one attached hydrogen (secondary N) is 1. The summed E-state index contributed by atoms with van der Waals surface area (Å²) < 4.78 is 0. The molecule has 0 amide bonds. The Morgan fingerprint density at radius 2 is 1.96 bits per heavy atom. The van der Waals surface area contributed by atoms with Crippen molar-refractivity contribution in [1.82, 2.24) is 9.80 Å². The van der Waals surface area contributed by atoms with Crippen molar-refractivity contribution in [2.24, 2.45) is 4.99 Å². The third-order valence-corrected chi connectivity index (χ3v) is 4.65. The lowest BCUT2D eigenvalue weighted by atomic mass is 10.1. The van der Waals surface area contributed by atoms with Gasteiger partial charge in [-0.2, -0.15) is 0 Å². The van der Waals surface area contributed by atoms with Crippen LogP contribution in [0.1, 0.15) is 16.7 Å². The molecular formula is C20H19ClN4. The third kappa shape index (κ3) is 3.05. The average Bonchev–Trinajstić information content (AvgIpc) is 3.07. The highest BCUT2D eigenvalue weighted by Gasteiger charge is 2.32. The molecule has 2 heterocycles. The van der Waals surface area contributed by atoms with E-state index in [0.717, 1.165) is 46.5 Å². The van der Waals surface area contributed by atoms with E-state index in [1.165, 1.54) is 0 Å². The highest BCUT2D eigenvalue weighted by atomic mass is 35.5. The molecule has 2 aliphatic heterocycles. The Bertz CT molecular complexity index is 866. The zero-order valence-corrected chi connectivity index (χ0v) is 14.8. The maximum atomic E-state index is 8.54. The van der Waals surface area contributed by atoms with Crippen LogP contribution in [0.2, 0.25) is 5.02 Å². The van der Waals surface area contributed by atoms with Gasteiger partial charge >= 0.3 is 0 Å². The predicted octanol–water partition coefficient (Wildman–Crippen LogP) is 4.15. The van der Waals surface area contributed by atoms with Gasteiger partial charge in [0.1, 0.15) is 5.84 Å². The molecule has 1 N–H and O–H groups in total. The highest BCUT2D eigenvalue weighted by molar-refractivity contribution is 6.30. The van der Waals surface area contributed by atoms with E-state index in [4.69, 9.17) is 17.0 Å². The van der Waals surface area contributed by atoms with Crippen LogP contribution in [-0.2, 0) is 6.54 Å². The summed E-state index contributed by atoms with van der Waals surface area (Å²) in [6.45, 7) is 4.21. The predicted molar refractivity (Wildman–Crippen MR) is 103 cm³/mol. The van der Waals surface area contributed by atoms with E-state index >= 15 is 0 Å². The monoisotopic (exact) mass is 350 g/mol. The van der Waals surface area contributed by atoms with Crippen molar-refractivity contribution in [3.8, 4) is 0 Å². The van der Waals surface area contributed by atoms with Crippen molar-refractivity contribution in [2.75, 3.05) is 13.1 Å². The van der Waals surface area contributed by atoms with Crippen LogP contribution in [0.15, 0.2) is 59.6 Å². The normalized spacial score (nSPS) is 16.6. The first-order valence-corrected chi connectivity index (χ1v) is 8.71. The molecule has 4 rings (SSSR count). The molecule has 0 bridgehead atoms. The summed E-state index contributed by atoms with van der Waals surface area (Å²) in [4.78, 5) is 8.81. The van der Waals surface area contributed by atoms with Gasteiger partial charge in [-0.25, -0.2) is 0 Å². The van der Waals surface area contributed by atoms with Gasteiger partial charge in [0, 0.05) is 17.6 Å². The molecule has 25 heavy (non-hydrogen) atoms. The molecule has 2 aromatic carbocycles. The van der Waals surface area contributed by atoms with Crippen molar-refractivity contribution in [3.05, 3.63) is 76.3 Å². The van der Waals surface area contributed by atoms with E-state index < -0.39 is 0 Å². The molecular weight excluding hydrogens is 332 g/mol. The van der Waals surface area contributed by atoms with Crippen molar-refractivity contribution in [3.63, 3.8) is 0 Å². The van der Waals surface area contributed by atoms with Crippen LogP contribution in [0.5, 0.6) is 0 Å². The molecule has 0 saturated carbocycles. The minimum atomic E-state index is 0.452. The Labute approximate surface area is 152 Å². The summed E-state index contributed by atoms with van der Waals surface area (Å²) in [5.74, 6) is 1.30. The van der Waals surface area contributed by atoms with Crippen LogP contribution < -0.4 is 0 Å². The highest BCUT2D eigenvalue weighted by Crippen LogP contribution is 2.29. The number of fused-ring (bicyclic) bond motifs is 1. The van der Waals surface area contributed by atoms with Gasteiger partial charge in [0.05, 0.1) is 18.8 Å². The van der Waals surface area contributed by atoms with E-state index in [0.29, 0.717) is 12.4 Å². The number of aryl methyl sites for hydroxylation is 1. The first kappa shape index (κ1) is 15.9. The Kier molecular flexibility index (Phi) is 4.06. The van der Waals surface area contributed by atoms with E-state index in [1.54, 1.807) is 0 Å². The maximum absolute atomic E-state index is 8.54. The number of benzene rings is 2. The number of halogens is 1. The van der Waals surface area contributed by atoms with Crippen LogP contribution in [-0.4, -0.2) is 34.7 Å². The topological polar surface area (TPSA) is 42.7 Å². The summed E-state index contributed by atoms with van der Waals surface area (Å²) in [5, 5.41) is 9.27. The van der Waals surface area contributed by atoms with Crippen molar-refractivity contribution in [2.45, 2.75) is 13.5 Å². The quantitative estimate of drug-likeness (QED) is 0.903. The summed E-state index contributed by atoms with van der Waals surface area (Å²) >= 11 is 6.19. The molecule has 0 unspecified atom stereocenters. The largest absolute Gasteiger partial charge is 0.310 e. The number of guanidine groups is 1. The number of hydrogen-bond acceptors (Lipinski definition) is 3. The second-order valence-electron chi connectivity index (χ2n) is 6.34. The lowest BCUT2D eigenvalue weighted by Gasteiger charge is -2.36. The number of amidine groups is 1. The van der Waals surface area contributed by atoms with Crippen molar-refractivity contribution in [1.29, 1.82) is 5.41 Å². The fraction of sp³-hybridized carbons (Fsp3) is 0.200. The zero-order chi connectivity index (χ0) is 17.4. The molecule has 2 aliphatic rings. The number of hydrogen-bond donors (Lipinski definition) is 1. The van der Waals surface area contributed by atoms with Gasteiger partial charge in [-0.05, 0) is 35.7 Å². The number of nitrogens with zero attached hydrogens (tertiary/aromatic N) is 3. The summed E-state index contributed by atoms with van der Waals surface area (Å²) in [6, 6.07) is 16.2. The second kappa shape index (κ2) is 6.37. The van der Waals surface area contributed by atoms with Crippen LogP contribution in [0.4, 0.5) is 0 Å². The van der Waals surface area contributed by atoms with Gasteiger partial charge in [0.15, 0.2) is 0 Å². The fourth-order valence-electron chi connectivity index (χ4n) is 3.38. The Hall–Kier alpha value is -2.59. The fourth-order valence-corrected chi connectivity index (χ4v) is 3.69. The molecule has 0 fully saturated rings. The standard InChI is InChI=1S/C20H19ClN4/c1-14-9-15(11-17(21)10-14)13-25-19(22)12-18(16-5-3-2-4-6-16)24-8-7-23-20(24)25/h2-6,9-12,22H,7-8,13H2,1H3. The zero-order valence-electron chi connectivity index (χ0n) is 14.0. The SMILES string of the molecule is Cc1cc(Cl)cc(CN2C(=N)C=C(c3ccccc3)N3CCN=C23)c1. The van der Waals surface area contributed by atoms with E-state index in [2.05, 4.69) is 28.1 Å². The molecule has 0 aromatic heterocycles. The molecule has 0 saturated heterocycles. The van der Waals surface area contributed by atoms with E-state index in [1.807, 2.05) is 48.2 Å². The van der Waals surface area contributed by atoms with Crippen LogP contribution >= 0.6 is 11.6 Å². The van der Waals surface area contributed by atoms with Crippen molar-refractivity contribution >= 4 is 29.1 Å². The molecule has 4 nitrogen and oxygen atoms in total. The Morgan fingerprint density at radius 1 is 1.16 bits per heavy atom. The van der Waals surface area contributed by atoms with Crippen LogP contribution in [0.25, 0.3) is 5.70 Å². The summed E-state index contributed by atoms with van der Waals surface area (Å²) in [5.41, 5.74) is 4.36.